The summed E-state index contributed by atoms with van der Waals surface area (Å²) in [4.78, 5) is 26.7. The molecule has 23 heavy (non-hydrogen) atoms. The van der Waals surface area contributed by atoms with E-state index in [0.29, 0.717) is 12.1 Å². The molecule has 8 heteroatoms. The molecule has 1 aromatic carbocycles. The lowest BCUT2D eigenvalue weighted by molar-refractivity contribution is -0.131. The Bertz CT molecular complexity index is 720. The van der Waals surface area contributed by atoms with Crippen LogP contribution >= 0.6 is 0 Å². The Morgan fingerprint density at radius 3 is 2.57 bits per heavy atom. The van der Waals surface area contributed by atoms with Crippen LogP contribution in [0.15, 0.2) is 24.3 Å². The number of amides is 2. The smallest absolute Gasteiger partial charge is 0.242 e. The number of rotatable bonds is 4. The molecular weight excluding hydrogens is 323 g/mol. The standard InChI is InChI=1S/C15H19FN2O4S/c1-11(19)18(13-5-3-4-12(16)8-13)9-15(20)17(2)14-6-7-23(21,22)10-14/h3-5,8,14H,6-7,9-10H2,1-2H3. The molecule has 1 aliphatic heterocycles. The van der Waals surface area contributed by atoms with Gasteiger partial charge in [-0.05, 0) is 24.6 Å². The number of likely N-dealkylation sites (N-methyl/N-ethyl adjacent to an activating group) is 1. The molecule has 6 nitrogen and oxygen atoms in total. The molecule has 0 spiro atoms. The van der Waals surface area contributed by atoms with E-state index in [2.05, 4.69) is 0 Å². The van der Waals surface area contributed by atoms with E-state index < -0.39 is 21.6 Å². The fourth-order valence-electron chi connectivity index (χ4n) is 2.56. The van der Waals surface area contributed by atoms with Crippen LogP contribution in [0.2, 0.25) is 0 Å². The van der Waals surface area contributed by atoms with Gasteiger partial charge in [-0.15, -0.1) is 0 Å². The van der Waals surface area contributed by atoms with Crippen molar-refractivity contribution in [3.8, 4) is 0 Å². The molecule has 0 aliphatic carbocycles. The summed E-state index contributed by atoms with van der Waals surface area (Å²) in [5.41, 5.74) is 0.290. The van der Waals surface area contributed by atoms with Crippen LogP contribution in [0.3, 0.4) is 0 Å². The first-order chi connectivity index (χ1) is 10.7. The summed E-state index contributed by atoms with van der Waals surface area (Å²) in [6.45, 7) is 1.03. The van der Waals surface area contributed by atoms with Gasteiger partial charge < -0.3 is 9.80 Å². The summed E-state index contributed by atoms with van der Waals surface area (Å²) in [6, 6.07) is 5.04. The van der Waals surface area contributed by atoms with E-state index in [0.717, 1.165) is 0 Å². The SMILES string of the molecule is CC(=O)N(CC(=O)N(C)C1CCS(=O)(=O)C1)c1cccc(F)c1. The molecule has 2 rings (SSSR count). The van der Waals surface area contributed by atoms with Crippen molar-refractivity contribution in [1.29, 1.82) is 0 Å². The van der Waals surface area contributed by atoms with E-state index in [1.165, 1.54) is 48.0 Å². The molecule has 1 unspecified atom stereocenters. The van der Waals surface area contributed by atoms with Crippen molar-refractivity contribution < 1.29 is 22.4 Å². The van der Waals surface area contributed by atoms with Crippen LogP contribution in [-0.4, -0.2) is 56.3 Å². The molecule has 1 atom stereocenters. The van der Waals surface area contributed by atoms with Gasteiger partial charge in [0.05, 0.1) is 11.5 Å². The lowest BCUT2D eigenvalue weighted by Crippen LogP contribution is -2.45. The van der Waals surface area contributed by atoms with Gasteiger partial charge >= 0.3 is 0 Å². The predicted octanol–water partition coefficient (Wildman–Crippen LogP) is 0.824. The normalized spacial score (nSPS) is 19.3. The molecule has 0 radical (unpaired) electrons. The molecule has 0 aromatic heterocycles. The van der Waals surface area contributed by atoms with Crippen molar-refractivity contribution in [3.63, 3.8) is 0 Å². The number of carbonyl (C=O) groups excluding carboxylic acids is 2. The first-order valence-corrected chi connectivity index (χ1v) is 9.01. The first-order valence-electron chi connectivity index (χ1n) is 7.19. The second-order valence-electron chi connectivity index (χ2n) is 5.65. The monoisotopic (exact) mass is 342 g/mol. The largest absolute Gasteiger partial charge is 0.340 e. The van der Waals surface area contributed by atoms with Crippen LogP contribution in [0.1, 0.15) is 13.3 Å². The Balaban J connectivity index is 2.11. The fourth-order valence-corrected chi connectivity index (χ4v) is 4.33. The molecule has 1 fully saturated rings. The van der Waals surface area contributed by atoms with Crippen LogP contribution in [0, 0.1) is 5.82 Å². The van der Waals surface area contributed by atoms with Crippen LogP contribution < -0.4 is 4.90 Å². The van der Waals surface area contributed by atoms with Crippen molar-refractivity contribution >= 4 is 27.3 Å². The highest BCUT2D eigenvalue weighted by Gasteiger charge is 2.33. The molecule has 126 valence electrons. The molecule has 0 saturated carbocycles. The second-order valence-corrected chi connectivity index (χ2v) is 7.88. The van der Waals surface area contributed by atoms with Crippen LogP contribution in [0.4, 0.5) is 10.1 Å². The van der Waals surface area contributed by atoms with Gasteiger partial charge in [0.15, 0.2) is 9.84 Å². The van der Waals surface area contributed by atoms with Crippen molar-refractivity contribution in [2.45, 2.75) is 19.4 Å². The van der Waals surface area contributed by atoms with Crippen LogP contribution in [-0.2, 0) is 19.4 Å². The van der Waals surface area contributed by atoms with Gasteiger partial charge in [0.1, 0.15) is 12.4 Å². The molecule has 1 heterocycles. The minimum atomic E-state index is -3.10. The van der Waals surface area contributed by atoms with Crippen LogP contribution in [0.5, 0.6) is 0 Å². The van der Waals surface area contributed by atoms with Crippen molar-refractivity contribution in [1.82, 2.24) is 4.90 Å². The maximum absolute atomic E-state index is 13.3. The Labute approximate surface area is 134 Å². The zero-order valence-corrected chi connectivity index (χ0v) is 13.8. The van der Waals surface area contributed by atoms with Crippen molar-refractivity contribution in [2.24, 2.45) is 0 Å². The quantitative estimate of drug-likeness (QED) is 0.812. The number of carbonyl (C=O) groups is 2. The number of hydrogen-bond donors (Lipinski definition) is 0. The molecule has 0 bridgehead atoms. The van der Waals surface area contributed by atoms with E-state index in [9.17, 15) is 22.4 Å². The Morgan fingerprint density at radius 2 is 2.04 bits per heavy atom. The third-order valence-electron chi connectivity index (χ3n) is 3.94. The number of benzene rings is 1. The van der Waals surface area contributed by atoms with E-state index in [1.54, 1.807) is 0 Å². The number of nitrogens with zero attached hydrogens (tertiary/aromatic N) is 2. The van der Waals surface area contributed by atoms with E-state index in [1.807, 2.05) is 0 Å². The Kier molecular flexibility index (Phi) is 5.03. The summed E-state index contributed by atoms with van der Waals surface area (Å²) in [6.07, 6.45) is 0.393. The van der Waals surface area contributed by atoms with Crippen molar-refractivity contribution in [3.05, 3.63) is 30.1 Å². The van der Waals surface area contributed by atoms with Gasteiger partial charge in [-0.1, -0.05) is 6.07 Å². The summed E-state index contributed by atoms with van der Waals surface area (Å²) >= 11 is 0. The lowest BCUT2D eigenvalue weighted by atomic mass is 10.2. The highest BCUT2D eigenvalue weighted by molar-refractivity contribution is 7.91. The van der Waals surface area contributed by atoms with Gasteiger partial charge in [0.25, 0.3) is 0 Å². The maximum atomic E-state index is 13.3. The van der Waals surface area contributed by atoms with Gasteiger partial charge in [0, 0.05) is 25.7 Å². The minimum Gasteiger partial charge on any atom is -0.340 e. The average Bonchev–Trinajstić information content (AvgIpc) is 2.83. The first kappa shape index (κ1) is 17.4. The van der Waals surface area contributed by atoms with Gasteiger partial charge in [-0.25, -0.2) is 12.8 Å². The highest BCUT2D eigenvalue weighted by atomic mass is 32.2. The van der Waals surface area contributed by atoms with Gasteiger partial charge in [-0.2, -0.15) is 0 Å². The lowest BCUT2D eigenvalue weighted by Gasteiger charge is -2.27. The average molecular weight is 342 g/mol. The predicted molar refractivity (Wildman–Crippen MR) is 84.3 cm³/mol. The minimum absolute atomic E-state index is 0.0602. The zero-order chi connectivity index (χ0) is 17.2. The molecule has 1 aliphatic rings. The molecule has 1 aromatic rings. The summed E-state index contributed by atoms with van der Waals surface area (Å²) in [5.74, 6) is -1.27. The molecule has 2 amide bonds. The number of anilines is 1. The number of hydrogen-bond acceptors (Lipinski definition) is 4. The fraction of sp³-hybridized carbons (Fsp3) is 0.467. The Morgan fingerprint density at radius 1 is 1.35 bits per heavy atom. The van der Waals surface area contributed by atoms with E-state index in [4.69, 9.17) is 0 Å². The van der Waals surface area contributed by atoms with Crippen molar-refractivity contribution in [2.75, 3.05) is 30.0 Å². The highest BCUT2D eigenvalue weighted by Crippen LogP contribution is 2.19. The summed E-state index contributed by atoms with van der Waals surface area (Å²) in [7, 11) is -1.58. The van der Waals surface area contributed by atoms with Gasteiger partial charge in [0.2, 0.25) is 11.8 Å². The van der Waals surface area contributed by atoms with Crippen LogP contribution in [0.25, 0.3) is 0 Å². The molecular formula is C15H19FN2O4S. The molecule has 1 saturated heterocycles. The van der Waals surface area contributed by atoms with Gasteiger partial charge in [-0.3, -0.25) is 9.59 Å². The maximum Gasteiger partial charge on any atom is 0.242 e. The summed E-state index contributed by atoms with van der Waals surface area (Å²) in [5, 5.41) is 0. The summed E-state index contributed by atoms with van der Waals surface area (Å²) < 4.78 is 36.3. The third kappa shape index (κ3) is 4.28. The zero-order valence-electron chi connectivity index (χ0n) is 13.0. The second kappa shape index (κ2) is 6.66. The topological polar surface area (TPSA) is 74.8 Å². The van der Waals surface area contributed by atoms with E-state index >= 15 is 0 Å². The third-order valence-corrected chi connectivity index (χ3v) is 5.69. The number of halogens is 1. The molecule has 0 N–H and O–H groups in total. The van der Waals surface area contributed by atoms with E-state index in [-0.39, 0.29) is 30.0 Å². The Hall–Kier alpha value is -1.96. The number of sulfone groups is 1.